The lowest BCUT2D eigenvalue weighted by molar-refractivity contribution is -0.124. The summed E-state index contributed by atoms with van der Waals surface area (Å²) in [5.74, 6) is -0.312. The Morgan fingerprint density at radius 3 is 3.13 bits per heavy atom. The van der Waals surface area contributed by atoms with Crippen molar-refractivity contribution in [3.05, 3.63) is 33.8 Å². The van der Waals surface area contributed by atoms with E-state index in [1.165, 1.54) is 5.56 Å². The molecule has 0 aromatic heterocycles. The number of halogens is 1. The number of nitrogens with one attached hydrogen (secondary N) is 1. The van der Waals surface area contributed by atoms with Crippen molar-refractivity contribution in [3.63, 3.8) is 0 Å². The quantitative estimate of drug-likeness (QED) is 0.856. The molecule has 0 saturated heterocycles. The number of hydrogen-bond acceptors (Lipinski definition) is 2. The molecule has 0 fully saturated rings. The predicted octanol–water partition coefficient (Wildman–Crippen LogP) is 1.54. The summed E-state index contributed by atoms with van der Waals surface area (Å²) < 4.78 is 1.10. The molecule has 0 radical (unpaired) electrons. The molecule has 0 bridgehead atoms. The van der Waals surface area contributed by atoms with Gasteiger partial charge in [0.1, 0.15) is 6.61 Å². The first-order chi connectivity index (χ1) is 7.22. The van der Waals surface area contributed by atoms with E-state index in [9.17, 15) is 4.79 Å². The lowest BCUT2D eigenvalue weighted by Gasteiger charge is -2.13. The average molecular weight is 270 g/mol. The first-order valence-corrected chi connectivity index (χ1v) is 5.69. The van der Waals surface area contributed by atoms with Gasteiger partial charge in [0.15, 0.2) is 0 Å². The normalized spacial score (nSPS) is 18.7. The zero-order valence-corrected chi connectivity index (χ0v) is 9.75. The van der Waals surface area contributed by atoms with E-state index in [2.05, 4.69) is 21.2 Å². The molecule has 3 nitrogen and oxygen atoms in total. The number of benzene rings is 1. The van der Waals surface area contributed by atoms with Crippen LogP contribution < -0.4 is 5.32 Å². The molecule has 4 heteroatoms. The summed E-state index contributed by atoms with van der Waals surface area (Å²) in [5, 5.41) is 11.5. The van der Waals surface area contributed by atoms with Crippen LogP contribution in [0.25, 0.3) is 0 Å². The summed E-state index contributed by atoms with van der Waals surface area (Å²) in [6.07, 6.45) is 1.87. The molecule has 1 unspecified atom stereocenters. The number of aliphatic hydroxyl groups excluding tert-OH is 1. The Bertz CT molecular complexity index is 392. The van der Waals surface area contributed by atoms with Gasteiger partial charge in [-0.1, -0.05) is 28.1 Å². The van der Waals surface area contributed by atoms with Crippen LogP contribution in [0.2, 0.25) is 0 Å². The molecule has 2 N–H and O–H groups in total. The molecule has 0 heterocycles. The minimum absolute atomic E-state index is 0.0529. The third-order valence-electron chi connectivity index (χ3n) is 2.69. The van der Waals surface area contributed by atoms with E-state index in [0.717, 1.165) is 22.9 Å². The molecule has 1 aromatic carbocycles. The molecule has 2 rings (SSSR count). The average Bonchev–Trinajstić information content (AvgIpc) is 2.63. The van der Waals surface area contributed by atoms with Crippen LogP contribution >= 0.6 is 15.9 Å². The van der Waals surface area contributed by atoms with Crippen LogP contribution in [0.15, 0.2) is 22.7 Å². The van der Waals surface area contributed by atoms with Crippen LogP contribution in [0.1, 0.15) is 23.6 Å². The fourth-order valence-corrected chi connectivity index (χ4v) is 2.58. The van der Waals surface area contributed by atoms with Gasteiger partial charge in [-0.3, -0.25) is 4.79 Å². The maximum atomic E-state index is 11.1. The Balaban J connectivity index is 2.21. The number of amides is 1. The van der Waals surface area contributed by atoms with Crippen molar-refractivity contribution in [3.8, 4) is 0 Å². The van der Waals surface area contributed by atoms with E-state index in [1.807, 2.05) is 18.2 Å². The van der Waals surface area contributed by atoms with Crippen molar-refractivity contribution in [2.45, 2.75) is 18.9 Å². The standard InChI is InChI=1S/C11H12BrNO2/c12-9-3-1-2-8-7(9)4-5-10(8)13-11(15)6-14/h1-3,10,14H,4-6H2,(H,13,15). The Morgan fingerprint density at radius 1 is 1.60 bits per heavy atom. The molecular weight excluding hydrogens is 258 g/mol. The summed E-state index contributed by atoms with van der Waals surface area (Å²) in [6.45, 7) is -0.445. The van der Waals surface area contributed by atoms with Crippen LogP contribution in [-0.2, 0) is 11.2 Å². The fraction of sp³-hybridized carbons (Fsp3) is 0.364. The second-order valence-electron chi connectivity index (χ2n) is 3.62. The molecule has 1 aromatic rings. The predicted molar refractivity (Wildman–Crippen MR) is 60.4 cm³/mol. The zero-order valence-electron chi connectivity index (χ0n) is 8.16. The lowest BCUT2D eigenvalue weighted by Crippen LogP contribution is -2.29. The number of rotatable bonds is 2. The van der Waals surface area contributed by atoms with Gasteiger partial charge in [-0.15, -0.1) is 0 Å². The SMILES string of the molecule is O=C(CO)NC1CCc2c(Br)cccc21. The van der Waals surface area contributed by atoms with E-state index in [4.69, 9.17) is 5.11 Å². The molecule has 1 aliphatic carbocycles. The summed E-state index contributed by atoms with van der Waals surface area (Å²) >= 11 is 3.50. The largest absolute Gasteiger partial charge is 0.387 e. The number of carbonyl (C=O) groups excluding carboxylic acids is 1. The van der Waals surface area contributed by atoms with Crippen molar-refractivity contribution in [1.29, 1.82) is 0 Å². The molecule has 1 amide bonds. The number of fused-ring (bicyclic) bond motifs is 1. The van der Waals surface area contributed by atoms with Crippen LogP contribution in [0.5, 0.6) is 0 Å². The van der Waals surface area contributed by atoms with Crippen molar-refractivity contribution in [1.82, 2.24) is 5.32 Å². The molecule has 0 aliphatic heterocycles. The second-order valence-corrected chi connectivity index (χ2v) is 4.48. The summed E-state index contributed by atoms with van der Waals surface area (Å²) in [6, 6.07) is 6.05. The monoisotopic (exact) mass is 269 g/mol. The molecule has 1 atom stereocenters. The number of hydrogen-bond donors (Lipinski definition) is 2. The van der Waals surface area contributed by atoms with Gasteiger partial charge in [-0.05, 0) is 30.0 Å². The fourth-order valence-electron chi connectivity index (χ4n) is 2.00. The van der Waals surface area contributed by atoms with Gasteiger partial charge in [-0.2, -0.15) is 0 Å². The molecule has 0 spiro atoms. The molecular formula is C11H12BrNO2. The minimum Gasteiger partial charge on any atom is -0.387 e. The molecule has 15 heavy (non-hydrogen) atoms. The van der Waals surface area contributed by atoms with E-state index >= 15 is 0 Å². The van der Waals surface area contributed by atoms with E-state index in [0.29, 0.717) is 0 Å². The third-order valence-corrected chi connectivity index (χ3v) is 3.44. The van der Waals surface area contributed by atoms with Gasteiger partial charge in [0.05, 0.1) is 6.04 Å². The minimum atomic E-state index is -0.445. The Morgan fingerprint density at radius 2 is 2.40 bits per heavy atom. The van der Waals surface area contributed by atoms with Gasteiger partial charge >= 0.3 is 0 Å². The molecule has 80 valence electrons. The van der Waals surface area contributed by atoms with E-state index in [1.54, 1.807) is 0 Å². The number of carbonyl (C=O) groups is 1. The topological polar surface area (TPSA) is 49.3 Å². The van der Waals surface area contributed by atoms with Gasteiger partial charge < -0.3 is 10.4 Å². The first-order valence-electron chi connectivity index (χ1n) is 4.90. The zero-order chi connectivity index (χ0) is 10.8. The number of aliphatic hydroxyl groups is 1. The Kier molecular flexibility index (Phi) is 3.07. The smallest absolute Gasteiger partial charge is 0.246 e. The van der Waals surface area contributed by atoms with Gasteiger partial charge in [0.2, 0.25) is 5.91 Å². The van der Waals surface area contributed by atoms with Crippen LogP contribution in [0.3, 0.4) is 0 Å². The highest BCUT2D eigenvalue weighted by Gasteiger charge is 2.24. The van der Waals surface area contributed by atoms with Gasteiger partial charge in [0, 0.05) is 4.47 Å². The van der Waals surface area contributed by atoms with Gasteiger partial charge in [0.25, 0.3) is 0 Å². The maximum Gasteiger partial charge on any atom is 0.246 e. The maximum absolute atomic E-state index is 11.1. The van der Waals surface area contributed by atoms with Crippen molar-refractivity contribution >= 4 is 21.8 Å². The van der Waals surface area contributed by atoms with Crippen molar-refractivity contribution in [2.75, 3.05) is 6.61 Å². The summed E-state index contributed by atoms with van der Waals surface area (Å²) in [7, 11) is 0. The lowest BCUT2D eigenvalue weighted by atomic mass is 10.1. The molecule has 1 aliphatic rings. The highest BCUT2D eigenvalue weighted by Crippen LogP contribution is 2.35. The first kappa shape index (κ1) is 10.6. The summed E-state index contributed by atoms with van der Waals surface area (Å²) in [4.78, 5) is 11.1. The van der Waals surface area contributed by atoms with Gasteiger partial charge in [-0.25, -0.2) is 0 Å². The third kappa shape index (κ3) is 2.06. The Hall–Kier alpha value is -0.870. The van der Waals surface area contributed by atoms with Crippen molar-refractivity contribution in [2.24, 2.45) is 0 Å². The summed E-state index contributed by atoms with van der Waals surface area (Å²) in [5.41, 5.74) is 2.42. The van der Waals surface area contributed by atoms with E-state index in [-0.39, 0.29) is 11.9 Å². The van der Waals surface area contributed by atoms with Crippen molar-refractivity contribution < 1.29 is 9.90 Å². The Labute approximate surface area is 96.6 Å². The highest BCUT2D eigenvalue weighted by atomic mass is 79.9. The molecule has 0 saturated carbocycles. The van der Waals surface area contributed by atoms with E-state index < -0.39 is 6.61 Å². The van der Waals surface area contributed by atoms with Crippen LogP contribution in [-0.4, -0.2) is 17.6 Å². The highest BCUT2D eigenvalue weighted by molar-refractivity contribution is 9.10. The second kappa shape index (κ2) is 4.33. The van der Waals surface area contributed by atoms with Crippen LogP contribution in [0, 0.1) is 0 Å². The van der Waals surface area contributed by atoms with Crippen LogP contribution in [0.4, 0.5) is 0 Å².